The Balaban J connectivity index is 1.71. The van der Waals surface area contributed by atoms with Crippen molar-refractivity contribution in [3.8, 4) is 5.75 Å². The average Bonchev–Trinajstić information content (AvgIpc) is 2.72. The molecule has 2 aromatic carbocycles. The topological polar surface area (TPSA) is 115 Å². The number of rotatable bonds is 8. The van der Waals surface area contributed by atoms with E-state index in [0.717, 1.165) is 5.56 Å². The molecule has 150 valence electrons. The molecular formula is C21H19NO7. The zero-order chi connectivity index (χ0) is 20.8. The number of carboxylic acid groups (broad SMARTS) is 1. The number of hydrogen-bond acceptors (Lipinski definition) is 6. The number of benzene rings is 2. The van der Waals surface area contributed by atoms with Crippen molar-refractivity contribution in [2.45, 2.75) is 12.6 Å². The Labute approximate surface area is 165 Å². The molecule has 29 heavy (non-hydrogen) atoms. The van der Waals surface area contributed by atoms with Crippen LogP contribution in [0, 0.1) is 0 Å². The smallest absolute Gasteiger partial charge is 0.349 e. The van der Waals surface area contributed by atoms with Gasteiger partial charge in [-0.25, -0.2) is 9.59 Å². The van der Waals surface area contributed by atoms with Crippen LogP contribution in [0.15, 0.2) is 63.8 Å². The van der Waals surface area contributed by atoms with Gasteiger partial charge in [0.1, 0.15) is 16.9 Å². The molecule has 0 aliphatic carbocycles. The molecule has 1 amide bonds. The molecule has 0 saturated heterocycles. The number of hydrogen-bond donors (Lipinski definition) is 2. The number of carboxylic acids is 1. The molecular weight excluding hydrogens is 378 g/mol. The summed E-state index contributed by atoms with van der Waals surface area (Å²) in [7, 11) is 1.48. The second-order valence-corrected chi connectivity index (χ2v) is 6.22. The lowest BCUT2D eigenvalue weighted by atomic mass is 10.1. The first kappa shape index (κ1) is 20.1. The van der Waals surface area contributed by atoms with Gasteiger partial charge in [-0.3, -0.25) is 4.79 Å². The van der Waals surface area contributed by atoms with Crippen molar-refractivity contribution in [2.24, 2.45) is 0 Å². The van der Waals surface area contributed by atoms with Crippen LogP contribution in [0.4, 0.5) is 0 Å². The van der Waals surface area contributed by atoms with Crippen molar-refractivity contribution in [3.63, 3.8) is 0 Å². The monoisotopic (exact) mass is 397 g/mol. The van der Waals surface area contributed by atoms with Gasteiger partial charge in [0.05, 0.1) is 20.3 Å². The molecule has 1 aromatic heterocycles. The Morgan fingerprint density at radius 3 is 2.59 bits per heavy atom. The SMILES string of the molecule is COc1ccc2cc(C(=O)N[C@@H](COCc3ccccc3)C(=O)O)c(=O)oc2c1. The summed E-state index contributed by atoms with van der Waals surface area (Å²) in [5.74, 6) is -1.63. The van der Waals surface area contributed by atoms with Crippen LogP contribution in [0.5, 0.6) is 5.75 Å². The lowest BCUT2D eigenvalue weighted by Crippen LogP contribution is -2.45. The van der Waals surface area contributed by atoms with Crippen LogP contribution < -0.4 is 15.7 Å². The van der Waals surface area contributed by atoms with Crippen molar-refractivity contribution >= 4 is 22.8 Å². The molecule has 0 unspecified atom stereocenters. The van der Waals surface area contributed by atoms with Crippen LogP contribution >= 0.6 is 0 Å². The zero-order valence-corrected chi connectivity index (χ0v) is 15.6. The maximum atomic E-state index is 12.5. The Bertz CT molecular complexity index is 1080. The standard InChI is InChI=1S/C21H19NO7/c1-27-15-8-7-14-9-16(21(26)29-18(14)10-15)19(23)22-17(20(24)25)12-28-11-13-5-3-2-4-6-13/h2-10,17H,11-12H2,1H3,(H,22,23)(H,24,25)/t17-/m0/s1. The summed E-state index contributed by atoms with van der Waals surface area (Å²) in [5, 5.41) is 12.2. The quantitative estimate of drug-likeness (QED) is 0.560. The fourth-order valence-corrected chi connectivity index (χ4v) is 2.66. The van der Waals surface area contributed by atoms with Crippen LogP contribution in [0.1, 0.15) is 15.9 Å². The first-order valence-electron chi connectivity index (χ1n) is 8.75. The largest absolute Gasteiger partial charge is 0.497 e. The molecule has 1 atom stereocenters. The van der Waals surface area contributed by atoms with Crippen molar-refractivity contribution < 1.29 is 28.6 Å². The van der Waals surface area contributed by atoms with Crippen LogP contribution in [0.2, 0.25) is 0 Å². The second kappa shape index (κ2) is 9.03. The molecule has 3 aromatic rings. The van der Waals surface area contributed by atoms with Gasteiger partial charge in [0.15, 0.2) is 6.04 Å². The molecule has 0 fully saturated rings. The number of ether oxygens (including phenoxy) is 2. The van der Waals surface area contributed by atoms with Crippen LogP contribution in [-0.2, 0) is 16.1 Å². The van der Waals surface area contributed by atoms with E-state index in [1.165, 1.54) is 19.2 Å². The summed E-state index contributed by atoms with van der Waals surface area (Å²) in [5.41, 5.74) is -0.0463. The van der Waals surface area contributed by atoms with Crippen molar-refractivity contribution in [3.05, 3.63) is 76.1 Å². The number of aliphatic carboxylic acids is 1. The summed E-state index contributed by atoms with van der Waals surface area (Å²) < 4.78 is 15.6. The fraction of sp³-hybridized carbons (Fsp3) is 0.190. The van der Waals surface area contributed by atoms with E-state index in [1.54, 1.807) is 12.1 Å². The number of nitrogens with one attached hydrogen (secondary N) is 1. The first-order valence-corrected chi connectivity index (χ1v) is 8.75. The van der Waals surface area contributed by atoms with Gasteiger partial charge in [0.25, 0.3) is 5.91 Å². The highest BCUT2D eigenvalue weighted by atomic mass is 16.5. The Morgan fingerprint density at radius 1 is 1.14 bits per heavy atom. The van der Waals surface area contributed by atoms with Gasteiger partial charge in [-0.1, -0.05) is 30.3 Å². The molecule has 0 aliphatic heterocycles. The van der Waals surface area contributed by atoms with Gasteiger partial charge in [-0.15, -0.1) is 0 Å². The zero-order valence-electron chi connectivity index (χ0n) is 15.6. The van der Waals surface area contributed by atoms with E-state index >= 15 is 0 Å². The maximum absolute atomic E-state index is 12.5. The lowest BCUT2D eigenvalue weighted by molar-refractivity contribution is -0.141. The van der Waals surface area contributed by atoms with Crippen LogP contribution in [0.25, 0.3) is 11.0 Å². The highest BCUT2D eigenvalue weighted by molar-refractivity contribution is 5.98. The highest BCUT2D eigenvalue weighted by Crippen LogP contribution is 2.20. The van der Waals surface area contributed by atoms with Crippen molar-refractivity contribution in [1.82, 2.24) is 5.32 Å². The predicted molar refractivity (Wildman–Crippen MR) is 104 cm³/mol. The minimum absolute atomic E-state index is 0.195. The van der Waals surface area contributed by atoms with Gasteiger partial charge in [-0.05, 0) is 23.8 Å². The number of methoxy groups -OCH3 is 1. The fourth-order valence-electron chi connectivity index (χ4n) is 2.66. The predicted octanol–water partition coefficient (Wildman–Crippen LogP) is 2.20. The van der Waals surface area contributed by atoms with Gasteiger partial charge in [-0.2, -0.15) is 0 Å². The molecule has 8 nitrogen and oxygen atoms in total. The highest BCUT2D eigenvalue weighted by Gasteiger charge is 2.23. The lowest BCUT2D eigenvalue weighted by Gasteiger charge is -2.15. The first-order chi connectivity index (χ1) is 14.0. The Hall–Kier alpha value is -3.65. The van der Waals surface area contributed by atoms with E-state index in [1.807, 2.05) is 30.3 Å². The van der Waals surface area contributed by atoms with E-state index in [2.05, 4.69) is 5.32 Å². The minimum atomic E-state index is -1.32. The molecule has 3 rings (SSSR count). The molecule has 0 radical (unpaired) electrons. The summed E-state index contributed by atoms with van der Waals surface area (Å²) in [4.78, 5) is 36.1. The molecule has 2 N–H and O–H groups in total. The molecule has 0 aliphatic rings. The third-order valence-corrected chi connectivity index (χ3v) is 4.19. The summed E-state index contributed by atoms with van der Waals surface area (Å²) in [6.07, 6.45) is 0. The van der Waals surface area contributed by atoms with Gasteiger partial charge in [0, 0.05) is 11.5 Å². The minimum Gasteiger partial charge on any atom is -0.497 e. The van der Waals surface area contributed by atoms with E-state index in [-0.39, 0.29) is 24.4 Å². The van der Waals surface area contributed by atoms with E-state index in [9.17, 15) is 19.5 Å². The Kier molecular flexibility index (Phi) is 6.25. The maximum Gasteiger partial charge on any atom is 0.349 e. The molecule has 0 saturated carbocycles. The Morgan fingerprint density at radius 2 is 1.90 bits per heavy atom. The molecule has 0 bridgehead atoms. The number of amides is 1. The molecule has 0 spiro atoms. The van der Waals surface area contributed by atoms with E-state index in [4.69, 9.17) is 13.9 Å². The third-order valence-electron chi connectivity index (χ3n) is 4.19. The summed E-state index contributed by atoms with van der Waals surface area (Å²) >= 11 is 0. The summed E-state index contributed by atoms with van der Waals surface area (Å²) in [6.45, 7) is -0.0630. The molecule has 1 heterocycles. The number of fused-ring (bicyclic) bond motifs is 1. The van der Waals surface area contributed by atoms with Gasteiger partial charge < -0.3 is 24.3 Å². The van der Waals surface area contributed by atoms with Crippen LogP contribution in [-0.4, -0.2) is 36.7 Å². The number of carbonyl (C=O) groups excluding carboxylic acids is 1. The normalized spacial score (nSPS) is 11.8. The number of carbonyl (C=O) groups is 2. The molecule has 8 heteroatoms. The summed E-state index contributed by atoms with van der Waals surface area (Å²) in [6, 6.07) is 14.0. The average molecular weight is 397 g/mol. The van der Waals surface area contributed by atoms with Crippen molar-refractivity contribution in [1.29, 1.82) is 0 Å². The van der Waals surface area contributed by atoms with E-state index in [0.29, 0.717) is 11.1 Å². The second-order valence-electron chi connectivity index (χ2n) is 6.22. The third kappa shape index (κ3) is 4.99. The van der Waals surface area contributed by atoms with Gasteiger partial charge >= 0.3 is 11.6 Å². The van der Waals surface area contributed by atoms with Crippen molar-refractivity contribution in [2.75, 3.05) is 13.7 Å². The van der Waals surface area contributed by atoms with E-state index < -0.39 is 23.5 Å². The van der Waals surface area contributed by atoms with Gasteiger partial charge in [0.2, 0.25) is 0 Å². The van der Waals surface area contributed by atoms with Crippen LogP contribution in [0.3, 0.4) is 0 Å².